The quantitative estimate of drug-likeness (QED) is 0.146. The Bertz CT molecular complexity index is 1150. The third-order valence-corrected chi connectivity index (χ3v) is 4.70. The maximum Gasteiger partial charge on any atom is 0.270 e. The van der Waals surface area contributed by atoms with Crippen LogP contribution in [0.4, 0.5) is 11.4 Å². The Hall–Kier alpha value is -3.82. The lowest BCUT2D eigenvalue weighted by molar-refractivity contribution is -0.578. The zero-order chi connectivity index (χ0) is 22.4. The van der Waals surface area contributed by atoms with Gasteiger partial charge in [-0.25, -0.2) is 0 Å². The van der Waals surface area contributed by atoms with Crippen LogP contribution in [0.15, 0.2) is 73.1 Å². The number of hydrogen-bond acceptors (Lipinski definition) is 6. The van der Waals surface area contributed by atoms with Crippen molar-refractivity contribution in [3.05, 3.63) is 94.3 Å². The van der Waals surface area contributed by atoms with Crippen LogP contribution in [0.5, 0.6) is 5.75 Å². The van der Waals surface area contributed by atoms with Crippen molar-refractivity contribution < 1.29 is 24.4 Å². The van der Waals surface area contributed by atoms with Crippen LogP contribution in [0.2, 0.25) is 0 Å². The highest BCUT2D eigenvalue weighted by molar-refractivity contribution is 7.81. The topological polar surface area (TPSA) is 112 Å². The second-order valence-corrected chi connectivity index (χ2v) is 6.85. The normalized spacial score (nSPS) is 11.4. The second kappa shape index (κ2) is 9.79. The molecule has 0 saturated heterocycles. The molecule has 3 aromatic rings. The number of hydrogen-bond donors (Lipinski definition) is 2. The fourth-order valence-corrected chi connectivity index (χ4v) is 3.17. The third kappa shape index (κ3) is 5.21. The van der Waals surface area contributed by atoms with Gasteiger partial charge in [-0.05, 0) is 41.7 Å². The molecule has 0 bridgehead atoms. The monoisotopic (exact) mass is 437 g/mol. The van der Waals surface area contributed by atoms with Crippen molar-refractivity contribution in [2.45, 2.75) is 6.61 Å². The molecule has 0 radical (unpaired) electrons. The molecule has 0 amide bonds. The van der Waals surface area contributed by atoms with E-state index < -0.39 is 10.7 Å². The van der Waals surface area contributed by atoms with Gasteiger partial charge in [-0.1, -0.05) is 24.4 Å². The lowest BCUT2D eigenvalue weighted by atomic mass is 10.1. The first-order chi connectivity index (χ1) is 14.9. The fourth-order valence-electron chi connectivity index (χ4n) is 2.86. The van der Waals surface area contributed by atoms with Crippen LogP contribution in [0.1, 0.15) is 11.1 Å². The molecule has 0 spiro atoms. The first kappa shape index (κ1) is 21.9. The van der Waals surface area contributed by atoms with Gasteiger partial charge in [0.05, 0.1) is 18.6 Å². The highest BCUT2D eigenvalue weighted by Gasteiger charge is 2.20. The van der Waals surface area contributed by atoms with Crippen LogP contribution >= 0.6 is 12.2 Å². The van der Waals surface area contributed by atoms with E-state index in [9.17, 15) is 20.3 Å². The number of pyridine rings is 1. The molecule has 2 N–H and O–H groups in total. The summed E-state index contributed by atoms with van der Waals surface area (Å²) in [5.74, 6) is 0.160. The molecule has 9 heteroatoms. The summed E-state index contributed by atoms with van der Waals surface area (Å²) in [6.45, 7) is -0.224. The summed E-state index contributed by atoms with van der Waals surface area (Å²) in [5.41, 5.74) is 1.20. The Balaban J connectivity index is 2.09. The fraction of sp³-hybridized carbons (Fsp3) is 0.0909. The maximum atomic E-state index is 13.4. The highest BCUT2D eigenvalue weighted by atomic mass is 32.1. The number of non-ortho nitro benzene ring substituents is 1. The van der Waals surface area contributed by atoms with Crippen LogP contribution in [0.25, 0.3) is 11.5 Å². The number of methoxy groups -OCH3 is 1. The van der Waals surface area contributed by atoms with Gasteiger partial charge in [0.1, 0.15) is 5.75 Å². The Morgan fingerprint density at radius 2 is 1.94 bits per heavy atom. The lowest BCUT2D eigenvalue weighted by Crippen LogP contribution is -2.40. The van der Waals surface area contributed by atoms with E-state index in [-0.39, 0.29) is 28.5 Å². The summed E-state index contributed by atoms with van der Waals surface area (Å²) < 4.78 is 6.63. The largest absolute Gasteiger partial charge is 0.867 e. The molecular weight excluding hydrogens is 418 g/mol. The number of rotatable bonds is 7. The minimum atomic E-state index is -0.566. The van der Waals surface area contributed by atoms with Crippen LogP contribution in [-0.2, 0) is 6.61 Å². The summed E-state index contributed by atoms with van der Waals surface area (Å²) in [4.78, 5) is 10.7. The first-order valence-corrected chi connectivity index (χ1v) is 9.56. The van der Waals surface area contributed by atoms with Crippen LogP contribution < -0.4 is 19.7 Å². The van der Waals surface area contributed by atoms with Crippen molar-refractivity contribution in [3.63, 3.8) is 0 Å². The standard InChI is InChI=1S/C22H19N3O5S/c1-30-19-9-7-17(8-10-19)23-22(31)20(24-11-3-4-15(13-24)14-26)21(27)16-5-2-6-18(12-16)25(28)29/h2-13,26H,14H2,1H3,(H-,23,27,31). The zero-order valence-corrected chi connectivity index (χ0v) is 17.3. The highest BCUT2D eigenvalue weighted by Crippen LogP contribution is 2.22. The van der Waals surface area contributed by atoms with Crippen LogP contribution in [0, 0.1) is 10.1 Å². The molecule has 0 aliphatic heterocycles. The van der Waals surface area contributed by atoms with Crippen LogP contribution in [0.3, 0.4) is 0 Å². The smallest absolute Gasteiger partial charge is 0.270 e. The number of ether oxygens (including phenoxy) is 1. The molecule has 158 valence electrons. The van der Waals surface area contributed by atoms with Gasteiger partial charge in [0, 0.05) is 29.4 Å². The number of anilines is 1. The van der Waals surface area contributed by atoms with Gasteiger partial charge in [-0.2, -0.15) is 4.57 Å². The summed E-state index contributed by atoms with van der Waals surface area (Å²) in [6, 6.07) is 15.8. The SMILES string of the molecule is COc1ccc(NC(=S)/C(=C(\[O-])c2cccc([N+](=O)[O-])c2)[n+]2cccc(CO)c2)cc1. The van der Waals surface area contributed by atoms with Crippen molar-refractivity contribution in [3.8, 4) is 5.75 Å². The van der Waals surface area contributed by atoms with E-state index in [1.165, 1.54) is 28.8 Å². The van der Waals surface area contributed by atoms with E-state index in [4.69, 9.17) is 17.0 Å². The molecule has 8 nitrogen and oxygen atoms in total. The van der Waals surface area contributed by atoms with Crippen molar-refractivity contribution in [2.24, 2.45) is 0 Å². The Morgan fingerprint density at radius 1 is 1.19 bits per heavy atom. The summed E-state index contributed by atoms with van der Waals surface area (Å²) in [6.07, 6.45) is 3.19. The summed E-state index contributed by atoms with van der Waals surface area (Å²) in [5, 5.41) is 37.0. The van der Waals surface area contributed by atoms with Gasteiger partial charge in [0.15, 0.2) is 17.4 Å². The molecule has 0 aliphatic rings. The van der Waals surface area contributed by atoms with E-state index in [0.717, 1.165) is 0 Å². The predicted octanol–water partition coefficient (Wildman–Crippen LogP) is 2.51. The van der Waals surface area contributed by atoms with Crippen molar-refractivity contribution >= 4 is 40.0 Å². The van der Waals surface area contributed by atoms with Gasteiger partial charge in [0.2, 0.25) is 5.70 Å². The number of benzene rings is 2. The molecule has 0 fully saturated rings. The van der Waals surface area contributed by atoms with E-state index in [2.05, 4.69) is 5.32 Å². The average molecular weight is 437 g/mol. The second-order valence-electron chi connectivity index (χ2n) is 6.45. The number of thiocarbonyl (C=S) groups is 1. The molecule has 0 unspecified atom stereocenters. The third-order valence-electron chi connectivity index (χ3n) is 4.40. The summed E-state index contributed by atoms with van der Waals surface area (Å²) in [7, 11) is 1.56. The number of aliphatic hydroxyl groups is 1. The zero-order valence-electron chi connectivity index (χ0n) is 16.5. The molecule has 1 aromatic heterocycles. The molecule has 31 heavy (non-hydrogen) atoms. The van der Waals surface area contributed by atoms with Crippen molar-refractivity contribution in [1.82, 2.24) is 0 Å². The van der Waals surface area contributed by atoms with E-state index in [0.29, 0.717) is 17.0 Å². The molecule has 0 saturated carbocycles. The molecule has 0 atom stereocenters. The van der Waals surface area contributed by atoms with Gasteiger partial charge < -0.3 is 20.3 Å². The number of aliphatic hydroxyl groups excluding tert-OH is 1. The minimum absolute atomic E-state index is 0.0848. The van der Waals surface area contributed by atoms with Gasteiger partial charge >= 0.3 is 0 Å². The maximum absolute atomic E-state index is 13.4. The molecule has 1 heterocycles. The first-order valence-electron chi connectivity index (χ1n) is 9.16. The van der Waals surface area contributed by atoms with Gasteiger partial charge in [0.25, 0.3) is 5.69 Å². The van der Waals surface area contributed by atoms with E-state index in [1.807, 2.05) is 0 Å². The molecule has 3 rings (SSSR count). The van der Waals surface area contributed by atoms with Gasteiger partial charge in [-0.15, -0.1) is 0 Å². The Labute approximate surface area is 183 Å². The molecule has 2 aromatic carbocycles. The van der Waals surface area contributed by atoms with E-state index >= 15 is 0 Å². The molecule has 0 aliphatic carbocycles. The average Bonchev–Trinajstić information content (AvgIpc) is 2.80. The predicted molar refractivity (Wildman–Crippen MR) is 118 cm³/mol. The number of nitro groups is 1. The Morgan fingerprint density at radius 3 is 2.58 bits per heavy atom. The number of nitro benzene ring substituents is 1. The summed E-state index contributed by atoms with van der Waals surface area (Å²) >= 11 is 5.52. The number of nitrogens with one attached hydrogen (secondary N) is 1. The van der Waals surface area contributed by atoms with Crippen LogP contribution in [-0.4, -0.2) is 22.1 Å². The van der Waals surface area contributed by atoms with E-state index in [1.54, 1.807) is 55.9 Å². The van der Waals surface area contributed by atoms with Crippen molar-refractivity contribution in [1.29, 1.82) is 0 Å². The minimum Gasteiger partial charge on any atom is -0.867 e. The van der Waals surface area contributed by atoms with Crippen molar-refractivity contribution in [2.75, 3.05) is 12.4 Å². The van der Waals surface area contributed by atoms with Gasteiger partial charge in [-0.3, -0.25) is 10.1 Å². The number of aromatic nitrogens is 1. The molecular formula is C22H19N3O5S. The number of nitrogens with zero attached hydrogens (tertiary/aromatic N) is 2. The lowest BCUT2D eigenvalue weighted by Gasteiger charge is -2.17. The Kier molecular flexibility index (Phi) is 6.91.